The molecule has 0 bridgehead atoms. The van der Waals surface area contributed by atoms with Gasteiger partial charge in [-0.05, 0) is 42.3 Å². The molecule has 1 atom stereocenters. The second-order valence-electron chi connectivity index (χ2n) is 3.78. The van der Waals surface area contributed by atoms with Crippen LogP contribution in [0.15, 0.2) is 9.39 Å². The fourth-order valence-corrected chi connectivity index (χ4v) is 6.26. The maximum atomic E-state index is 11.7. The van der Waals surface area contributed by atoms with Gasteiger partial charge in [-0.1, -0.05) is 24.0 Å². The second-order valence-corrected chi connectivity index (χ2v) is 8.91. The van der Waals surface area contributed by atoms with Crippen LogP contribution in [-0.2, 0) is 9.84 Å². The van der Waals surface area contributed by atoms with Crippen molar-refractivity contribution in [2.75, 3.05) is 18.8 Å². The Morgan fingerprint density at radius 1 is 1.53 bits per heavy atom. The van der Waals surface area contributed by atoms with Gasteiger partial charge < -0.3 is 4.90 Å². The molecule has 17 heavy (non-hydrogen) atoms. The number of sulfone groups is 1. The van der Waals surface area contributed by atoms with E-state index in [2.05, 4.69) is 20.8 Å². The first kappa shape index (κ1) is 15.5. The van der Waals surface area contributed by atoms with E-state index in [9.17, 15) is 8.42 Å². The summed E-state index contributed by atoms with van der Waals surface area (Å²) in [5.41, 5.74) is 0.865. The van der Waals surface area contributed by atoms with E-state index in [0.717, 1.165) is 23.0 Å². The van der Waals surface area contributed by atoms with Crippen molar-refractivity contribution >= 4 is 54.1 Å². The van der Waals surface area contributed by atoms with Gasteiger partial charge in [0.15, 0.2) is 9.84 Å². The first-order chi connectivity index (χ1) is 7.83. The molecule has 0 spiro atoms. The number of rotatable bonds is 3. The summed E-state index contributed by atoms with van der Waals surface area (Å²) in [4.78, 5) is 2.06. The van der Waals surface area contributed by atoms with Crippen LogP contribution in [0.5, 0.6) is 0 Å². The highest BCUT2D eigenvalue weighted by Crippen LogP contribution is 2.37. The van der Waals surface area contributed by atoms with Crippen LogP contribution in [0.2, 0.25) is 0 Å². The molecule has 1 aliphatic heterocycles. The van der Waals surface area contributed by atoms with Crippen molar-refractivity contribution in [1.82, 2.24) is 4.90 Å². The van der Waals surface area contributed by atoms with Crippen LogP contribution >= 0.6 is 39.9 Å². The van der Waals surface area contributed by atoms with Crippen LogP contribution in [-0.4, -0.2) is 41.7 Å². The van der Waals surface area contributed by atoms with Crippen LogP contribution in [0.1, 0.15) is 20.8 Å². The molecule has 0 aromatic heterocycles. The third-order valence-electron chi connectivity index (χ3n) is 2.70. The van der Waals surface area contributed by atoms with Gasteiger partial charge >= 0.3 is 0 Å². The molecular weight excluding hydrogens is 342 g/mol. The largest absolute Gasteiger partial charge is 0.358 e. The molecule has 0 amide bonds. The molecule has 1 rings (SSSR count). The summed E-state index contributed by atoms with van der Waals surface area (Å²) in [7, 11) is -3.11. The molecule has 0 radical (unpaired) electrons. The summed E-state index contributed by atoms with van der Waals surface area (Å²) in [6, 6.07) is 0. The van der Waals surface area contributed by atoms with Crippen molar-refractivity contribution in [3.05, 3.63) is 9.39 Å². The summed E-state index contributed by atoms with van der Waals surface area (Å²) in [6.45, 7) is 7.63. The van der Waals surface area contributed by atoms with E-state index in [1.54, 1.807) is 0 Å². The van der Waals surface area contributed by atoms with Crippen molar-refractivity contribution in [2.24, 2.45) is 0 Å². The zero-order valence-electron chi connectivity index (χ0n) is 10.1. The van der Waals surface area contributed by atoms with Gasteiger partial charge in [0.25, 0.3) is 0 Å². The predicted molar refractivity (Wildman–Crippen MR) is 82.3 cm³/mol. The Morgan fingerprint density at radius 3 is 2.41 bits per heavy atom. The molecule has 3 nitrogen and oxygen atoms in total. The zero-order valence-corrected chi connectivity index (χ0v) is 14.1. The molecular formula is C10H16BrNO2S3. The Labute approximate surface area is 121 Å². The summed E-state index contributed by atoms with van der Waals surface area (Å²) in [6.07, 6.45) is 0. The lowest BCUT2D eigenvalue weighted by Crippen LogP contribution is -2.28. The molecule has 0 saturated carbocycles. The van der Waals surface area contributed by atoms with Gasteiger partial charge in [0.2, 0.25) is 0 Å². The molecule has 7 heteroatoms. The maximum Gasteiger partial charge on any atom is 0.186 e. The van der Waals surface area contributed by atoms with Crippen LogP contribution in [0, 0.1) is 0 Å². The van der Waals surface area contributed by atoms with Gasteiger partial charge in [-0.3, -0.25) is 0 Å². The molecule has 0 aromatic rings. The SMILES string of the molecule is CCN(CC)C(=S)S[C@@H]1CS(=O)(=O)C(Br)=C1C. The number of nitrogens with zero attached hydrogens (tertiary/aromatic N) is 1. The predicted octanol–water partition coefficient (Wildman–Crippen LogP) is 2.77. The van der Waals surface area contributed by atoms with Gasteiger partial charge in [0.05, 0.1) is 5.75 Å². The highest BCUT2D eigenvalue weighted by molar-refractivity contribution is 9.13. The number of thiocarbonyl (C=S) groups is 1. The van der Waals surface area contributed by atoms with Crippen molar-refractivity contribution < 1.29 is 8.42 Å². The molecule has 1 heterocycles. The van der Waals surface area contributed by atoms with Crippen LogP contribution in [0.4, 0.5) is 0 Å². The molecule has 1 aliphatic rings. The lowest BCUT2D eigenvalue weighted by molar-refractivity contribution is 0.482. The molecule has 98 valence electrons. The standard InChI is InChI=1S/C10H16BrNO2S3/c1-4-12(5-2)10(15)16-8-6-17(13,14)9(11)7(8)3/h8H,4-6H2,1-3H3/t8-/m1/s1. The molecule has 0 saturated heterocycles. The maximum absolute atomic E-state index is 11.7. The molecule has 0 aromatic carbocycles. The lowest BCUT2D eigenvalue weighted by atomic mass is 10.3. The van der Waals surface area contributed by atoms with Gasteiger partial charge in [-0.25, -0.2) is 8.42 Å². The summed E-state index contributed by atoms with van der Waals surface area (Å²) in [5.74, 6) is 0.144. The number of hydrogen-bond donors (Lipinski definition) is 0. The minimum absolute atomic E-state index is 0.0533. The molecule has 0 unspecified atom stereocenters. The Hall–Kier alpha value is 0.410. The summed E-state index contributed by atoms with van der Waals surface area (Å²) >= 11 is 9.95. The van der Waals surface area contributed by atoms with Crippen LogP contribution in [0.25, 0.3) is 0 Å². The van der Waals surface area contributed by atoms with E-state index >= 15 is 0 Å². The topological polar surface area (TPSA) is 37.4 Å². The van der Waals surface area contributed by atoms with Crippen molar-refractivity contribution in [2.45, 2.75) is 26.0 Å². The Balaban J connectivity index is 2.77. The summed E-state index contributed by atoms with van der Waals surface area (Å²) < 4.78 is 24.5. The van der Waals surface area contributed by atoms with Gasteiger partial charge in [-0.15, -0.1) is 0 Å². The first-order valence-electron chi connectivity index (χ1n) is 5.38. The monoisotopic (exact) mass is 357 g/mol. The highest BCUT2D eigenvalue weighted by Gasteiger charge is 2.35. The number of thioether (sulfide) groups is 1. The second kappa shape index (κ2) is 6.04. The number of hydrogen-bond acceptors (Lipinski definition) is 4. The fraction of sp³-hybridized carbons (Fsp3) is 0.700. The average Bonchev–Trinajstić information content (AvgIpc) is 2.44. The molecule has 0 fully saturated rings. The molecule has 0 aliphatic carbocycles. The van der Waals surface area contributed by atoms with Crippen molar-refractivity contribution in [1.29, 1.82) is 0 Å². The van der Waals surface area contributed by atoms with E-state index in [0.29, 0.717) is 3.81 Å². The quantitative estimate of drug-likeness (QED) is 0.726. The van der Waals surface area contributed by atoms with Crippen molar-refractivity contribution in [3.8, 4) is 0 Å². The summed E-state index contributed by atoms with van der Waals surface area (Å²) in [5, 5.41) is -0.0533. The van der Waals surface area contributed by atoms with E-state index in [-0.39, 0.29) is 11.0 Å². The molecule has 0 N–H and O–H groups in total. The Kier molecular flexibility index (Phi) is 5.49. The van der Waals surface area contributed by atoms with Crippen molar-refractivity contribution in [3.63, 3.8) is 0 Å². The Morgan fingerprint density at radius 2 is 2.06 bits per heavy atom. The highest BCUT2D eigenvalue weighted by atomic mass is 79.9. The minimum Gasteiger partial charge on any atom is -0.358 e. The van der Waals surface area contributed by atoms with E-state index < -0.39 is 9.84 Å². The third kappa shape index (κ3) is 3.45. The van der Waals surface area contributed by atoms with Crippen LogP contribution < -0.4 is 0 Å². The Bertz CT molecular complexity index is 440. The van der Waals surface area contributed by atoms with Gasteiger partial charge in [0.1, 0.15) is 8.13 Å². The van der Waals surface area contributed by atoms with E-state index in [1.807, 2.05) is 20.8 Å². The third-order valence-corrected chi connectivity index (χ3v) is 8.47. The average molecular weight is 358 g/mol. The normalized spacial score (nSPS) is 22.9. The van der Waals surface area contributed by atoms with E-state index in [4.69, 9.17) is 12.2 Å². The minimum atomic E-state index is -3.11. The first-order valence-corrected chi connectivity index (χ1v) is 9.11. The smallest absolute Gasteiger partial charge is 0.186 e. The van der Waals surface area contributed by atoms with Gasteiger partial charge in [-0.2, -0.15) is 0 Å². The van der Waals surface area contributed by atoms with Gasteiger partial charge in [0, 0.05) is 18.3 Å². The fourth-order valence-electron chi connectivity index (χ4n) is 1.57. The van der Waals surface area contributed by atoms with E-state index in [1.165, 1.54) is 11.8 Å². The number of halogens is 1. The lowest BCUT2D eigenvalue weighted by Gasteiger charge is -2.23. The van der Waals surface area contributed by atoms with Crippen LogP contribution in [0.3, 0.4) is 0 Å². The zero-order chi connectivity index (χ0) is 13.2.